The highest BCUT2D eigenvalue weighted by Crippen LogP contribution is 2.12. The minimum atomic E-state index is 0.0794. The quantitative estimate of drug-likeness (QED) is 0.800. The SMILES string of the molecule is CC(C)NCc1ccn(C(C)(C)C)n1. The van der Waals surface area contributed by atoms with Crippen molar-refractivity contribution in [2.75, 3.05) is 0 Å². The van der Waals surface area contributed by atoms with Crippen LogP contribution in [0.3, 0.4) is 0 Å². The topological polar surface area (TPSA) is 29.9 Å². The molecule has 80 valence electrons. The third kappa shape index (κ3) is 3.14. The van der Waals surface area contributed by atoms with Crippen LogP contribution in [0.4, 0.5) is 0 Å². The van der Waals surface area contributed by atoms with Crippen LogP contribution in [0.2, 0.25) is 0 Å². The summed E-state index contributed by atoms with van der Waals surface area (Å²) in [5.41, 5.74) is 1.18. The molecule has 1 aromatic rings. The van der Waals surface area contributed by atoms with E-state index >= 15 is 0 Å². The van der Waals surface area contributed by atoms with E-state index < -0.39 is 0 Å². The zero-order chi connectivity index (χ0) is 10.8. The Hall–Kier alpha value is -0.830. The molecule has 0 unspecified atom stereocenters. The average Bonchev–Trinajstić information content (AvgIpc) is 2.47. The molecule has 14 heavy (non-hydrogen) atoms. The Bertz CT molecular complexity index is 281. The van der Waals surface area contributed by atoms with Crippen molar-refractivity contribution < 1.29 is 0 Å². The summed E-state index contributed by atoms with van der Waals surface area (Å²) in [6, 6.07) is 2.58. The van der Waals surface area contributed by atoms with E-state index in [2.05, 4.69) is 51.1 Å². The number of nitrogens with zero attached hydrogens (tertiary/aromatic N) is 2. The van der Waals surface area contributed by atoms with E-state index in [9.17, 15) is 0 Å². The molecule has 0 radical (unpaired) electrons. The van der Waals surface area contributed by atoms with Gasteiger partial charge in [-0.3, -0.25) is 4.68 Å². The number of hydrogen-bond acceptors (Lipinski definition) is 2. The van der Waals surface area contributed by atoms with E-state index in [1.54, 1.807) is 0 Å². The third-order valence-corrected chi connectivity index (χ3v) is 2.02. The molecule has 0 bridgehead atoms. The van der Waals surface area contributed by atoms with Gasteiger partial charge in [-0.05, 0) is 26.8 Å². The van der Waals surface area contributed by atoms with Crippen molar-refractivity contribution >= 4 is 0 Å². The lowest BCUT2D eigenvalue weighted by Crippen LogP contribution is -2.24. The Balaban J connectivity index is 2.60. The maximum atomic E-state index is 4.51. The van der Waals surface area contributed by atoms with Crippen molar-refractivity contribution in [3.05, 3.63) is 18.0 Å². The van der Waals surface area contributed by atoms with Crippen molar-refractivity contribution in [3.63, 3.8) is 0 Å². The van der Waals surface area contributed by atoms with Crippen LogP contribution < -0.4 is 5.32 Å². The Morgan fingerprint density at radius 3 is 2.50 bits per heavy atom. The van der Waals surface area contributed by atoms with Crippen LogP contribution in [-0.4, -0.2) is 15.8 Å². The fourth-order valence-corrected chi connectivity index (χ4v) is 1.14. The van der Waals surface area contributed by atoms with E-state index in [1.165, 1.54) is 0 Å². The first-order valence-electron chi connectivity index (χ1n) is 5.18. The molecule has 3 nitrogen and oxygen atoms in total. The second kappa shape index (κ2) is 4.13. The van der Waals surface area contributed by atoms with Crippen LogP contribution in [0.1, 0.15) is 40.3 Å². The Labute approximate surface area is 86.5 Å². The highest BCUT2D eigenvalue weighted by atomic mass is 15.3. The van der Waals surface area contributed by atoms with Crippen LogP contribution in [0.15, 0.2) is 12.3 Å². The first kappa shape index (κ1) is 11.2. The summed E-state index contributed by atoms with van der Waals surface area (Å²) in [4.78, 5) is 0. The van der Waals surface area contributed by atoms with Crippen molar-refractivity contribution in [1.29, 1.82) is 0 Å². The van der Waals surface area contributed by atoms with Crippen LogP contribution in [0.5, 0.6) is 0 Å². The van der Waals surface area contributed by atoms with E-state index in [0.717, 1.165) is 12.2 Å². The molecule has 3 heteroatoms. The molecule has 0 aromatic carbocycles. The van der Waals surface area contributed by atoms with Crippen LogP contribution >= 0.6 is 0 Å². The largest absolute Gasteiger partial charge is 0.309 e. The van der Waals surface area contributed by atoms with Crippen LogP contribution in [-0.2, 0) is 12.1 Å². The van der Waals surface area contributed by atoms with Crippen molar-refractivity contribution in [2.24, 2.45) is 0 Å². The molecule has 1 aromatic heterocycles. The summed E-state index contributed by atoms with van der Waals surface area (Å²) < 4.78 is 2.00. The summed E-state index contributed by atoms with van der Waals surface area (Å²) >= 11 is 0. The zero-order valence-corrected chi connectivity index (χ0v) is 9.83. The molecular weight excluding hydrogens is 174 g/mol. The van der Waals surface area contributed by atoms with Crippen molar-refractivity contribution in [2.45, 2.75) is 52.7 Å². The highest BCUT2D eigenvalue weighted by Gasteiger charge is 2.13. The van der Waals surface area contributed by atoms with Gasteiger partial charge in [-0.25, -0.2) is 0 Å². The molecule has 1 heterocycles. The molecule has 0 saturated heterocycles. The van der Waals surface area contributed by atoms with E-state index in [1.807, 2.05) is 10.9 Å². The first-order valence-corrected chi connectivity index (χ1v) is 5.18. The molecule has 0 atom stereocenters. The predicted molar refractivity (Wildman–Crippen MR) is 59.2 cm³/mol. The monoisotopic (exact) mass is 195 g/mol. The van der Waals surface area contributed by atoms with Gasteiger partial charge in [0.05, 0.1) is 11.2 Å². The van der Waals surface area contributed by atoms with Crippen LogP contribution in [0, 0.1) is 0 Å². The van der Waals surface area contributed by atoms with E-state index in [-0.39, 0.29) is 5.54 Å². The van der Waals surface area contributed by atoms with Crippen LogP contribution in [0.25, 0.3) is 0 Å². The molecule has 0 aliphatic heterocycles. The lowest BCUT2D eigenvalue weighted by Gasteiger charge is -2.18. The van der Waals surface area contributed by atoms with Gasteiger partial charge in [0.2, 0.25) is 0 Å². The highest BCUT2D eigenvalue weighted by molar-refractivity contribution is 5.00. The van der Waals surface area contributed by atoms with Gasteiger partial charge < -0.3 is 5.32 Å². The minimum Gasteiger partial charge on any atom is -0.309 e. The molecule has 0 saturated carbocycles. The predicted octanol–water partition coefficient (Wildman–Crippen LogP) is 2.14. The maximum Gasteiger partial charge on any atom is 0.0762 e. The molecule has 0 fully saturated rings. The van der Waals surface area contributed by atoms with Gasteiger partial charge in [-0.2, -0.15) is 5.10 Å². The summed E-state index contributed by atoms with van der Waals surface area (Å²) in [5, 5.41) is 7.86. The van der Waals surface area contributed by atoms with Gasteiger partial charge in [0.15, 0.2) is 0 Å². The summed E-state index contributed by atoms with van der Waals surface area (Å²) in [6.45, 7) is 11.6. The normalized spacial score (nSPS) is 12.4. The Kier molecular flexibility index (Phi) is 3.32. The number of aromatic nitrogens is 2. The summed E-state index contributed by atoms with van der Waals surface area (Å²) in [7, 11) is 0. The van der Waals surface area contributed by atoms with Gasteiger partial charge in [0.25, 0.3) is 0 Å². The molecule has 0 aliphatic carbocycles. The molecule has 0 aliphatic rings. The van der Waals surface area contributed by atoms with Crippen molar-refractivity contribution in [1.82, 2.24) is 15.1 Å². The fourth-order valence-electron chi connectivity index (χ4n) is 1.14. The summed E-state index contributed by atoms with van der Waals surface area (Å²) in [5.74, 6) is 0. The molecule has 1 N–H and O–H groups in total. The molecule has 1 rings (SSSR count). The fraction of sp³-hybridized carbons (Fsp3) is 0.727. The van der Waals surface area contributed by atoms with E-state index in [0.29, 0.717) is 6.04 Å². The number of hydrogen-bond donors (Lipinski definition) is 1. The van der Waals surface area contributed by atoms with Crippen molar-refractivity contribution in [3.8, 4) is 0 Å². The third-order valence-electron chi connectivity index (χ3n) is 2.02. The minimum absolute atomic E-state index is 0.0794. The van der Waals surface area contributed by atoms with Gasteiger partial charge in [-0.1, -0.05) is 13.8 Å². The standard InChI is InChI=1S/C11H21N3/c1-9(2)12-8-10-6-7-14(13-10)11(3,4)5/h6-7,9,12H,8H2,1-5H3. The summed E-state index contributed by atoms with van der Waals surface area (Å²) in [6.07, 6.45) is 2.04. The molecular formula is C11H21N3. The zero-order valence-electron chi connectivity index (χ0n) is 9.83. The van der Waals surface area contributed by atoms with E-state index in [4.69, 9.17) is 0 Å². The average molecular weight is 195 g/mol. The maximum absolute atomic E-state index is 4.51. The van der Waals surface area contributed by atoms with Gasteiger partial charge in [0.1, 0.15) is 0 Å². The Morgan fingerprint density at radius 2 is 2.07 bits per heavy atom. The molecule has 0 amide bonds. The number of nitrogens with one attached hydrogen (secondary N) is 1. The molecule has 0 spiro atoms. The van der Waals surface area contributed by atoms with Gasteiger partial charge in [-0.15, -0.1) is 0 Å². The van der Waals surface area contributed by atoms with Gasteiger partial charge >= 0.3 is 0 Å². The lowest BCUT2D eigenvalue weighted by atomic mass is 10.1. The lowest BCUT2D eigenvalue weighted by molar-refractivity contribution is 0.352. The number of rotatable bonds is 3. The first-order chi connectivity index (χ1) is 6.39. The second-order valence-electron chi connectivity index (χ2n) is 4.96. The second-order valence-corrected chi connectivity index (χ2v) is 4.96. The van der Waals surface area contributed by atoms with Gasteiger partial charge in [0, 0.05) is 18.8 Å². The smallest absolute Gasteiger partial charge is 0.0762 e. The Morgan fingerprint density at radius 1 is 1.43 bits per heavy atom.